The Morgan fingerprint density at radius 1 is 0.602 bits per heavy atom. The van der Waals surface area contributed by atoms with Crippen LogP contribution < -0.4 is 0 Å². The molecule has 5 heterocycles. The molecule has 5 saturated heterocycles. The van der Waals surface area contributed by atoms with Gasteiger partial charge in [0.2, 0.25) is 0 Å². The molecule has 0 radical (unpaired) electrons. The summed E-state index contributed by atoms with van der Waals surface area (Å²) < 4.78 is 65.0. The van der Waals surface area contributed by atoms with Crippen molar-refractivity contribution < 1.29 is 139 Å². The molecule has 9 fully saturated rings. The van der Waals surface area contributed by atoms with E-state index in [4.69, 9.17) is 52.1 Å². The molecular weight excluding hydrogens is 1170 g/mol. The highest BCUT2D eigenvalue weighted by Crippen LogP contribution is 2.76. The molecular formula is C60H98O28. The summed E-state index contributed by atoms with van der Waals surface area (Å²) in [6.07, 6.45) is -30.9. The maximum Gasteiger partial charge on any atom is 0.337 e. The molecule has 0 amide bonds. The van der Waals surface area contributed by atoms with Gasteiger partial charge >= 0.3 is 5.97 Å². The van der Waals surface area contributed by atoms with Crippen molar-refractivity contribution in [3.8, 4) is 0 Å². The Kier molecular flexibility index (Phi) is 19.9. The Hall–Kier alpha value is -1.83. The molecule has 0 unspecified atom stereocenters. The van der Waals surface area contributed by atoms with Crippen molar-refractivity contribution in [1.29, 1.82) is 0 Å². The van der Waals surface area contributed by atoms with E-state index < -0.39 is 207 Å². The lowest BCUT2D eigenvalue weighted by Crippen LogP contribution is -2.68. The largest absolute Gasteiger partial charge is 0.467 e. The predicted molar refractivity (Wildman–Crippen MR) is 296 cm³/mol. The number of methoxy groups -OCH3 is 1. The molecule has 0 aromatic carbocycles. The van der Waals surface area contributed by atoms with E-state index in [1.807, 2.05) is 13.8 Å². The fraction of sp³-hybridized carbons (Fsp3) is 0.950. The lowest BCUT2D eigenvalue weighted by molar-refractivity contribution is -0.396. The van der Waals surface area contributed by atoms with Gasteiger partial charge in [-0.05, 0) is 104 Å². The summed E-state index contributed by atoms with van der Waals surface area (Å²) in [5.74, 6) is -1.29. The average molecular weight is 1270 g/mol. The monoisotopic (exact) mass is 1270 g/mol. The fourth-order valence-electron chi connectivity index (χ4n) is 17.8. The second-order valence-electron chi connectivity index (χ2n) is 29.0. The summed E-state index contributed by atoms with van der Waals surface area (Å²) in [4.78, 5) is 13.2. The second kappa shape index (κ2) is 25.4. The summed E-state index contributed by atoms with van der Waals surface area (Å²) in [6.45, 7) is 11.6. The molecule has 0 bridgehead atoms. The van der Waals surface area contributed by atoms with Gasteiger partial charge in [-0.3, -0.25) is 0 Å². The van der Waals surface area contributed by atoms with Gasteiger partial charge in [0.05, 0.1) is 65.1 Å². The summed E-state index contributed by atoms with van der Waals surface area (Å²) >= 11 is 0. The summed E-state index contributed by atoms with van der Waals surface area (Å²) in [5.41, 5.74) is -4.00. The average Bonchev–Trinajstić information content (AvgIpc) is 0.794. The third-order valence-electron chi connectivity index (χ3n) is 23.8. The first-order valence-corrected chi connectivity index (χ1v) is 31.2. The standard InChI is InChI=1S/C60H98O28/c1-25-34(65)37(68)43(74)50(82-25)87-45-39(70)35(66)28(19-61)83-51(45)88-46-41(72)40(71)44(48(76)78-8)86-52(46)85-33-12-13-56(4)30(57(33,5)21-62)11-14-59(7)31(56)10-9-26-27-17-54(2,18-32(64)55(27,3)15-16-58(26,59)6)23-80-49-42(73)38(69)36(67)29(84-49)20-79-53-47(75)60(77,22-63)24-81-53/h9,25,27-47,49-53,61-75,77H,10-24H2,1-8H3/t25-,27-,28+,29+,30+,31+,32+,33-,34-,35-,36+,37+,38-,39-,40-,41-,42+,43+,44-,45+,46+,47-,49+,50-,51-,52+,53+,54+,55+,56-,57+,58+,59+,60+/m0/s1. The lowest BCUT2D eigenvalue weighted by atomic mass is 9.33. The van der Waals surface area contributed by atoms with E-state index in [0.29, 0.717) is 38.5 Å². The molecule has 16 N–H and O–H groups in total. The maximum atomic E-state index is 13.2. The zero-order chi connectivity index (χ0) is 64.3. The highest BCUT2D eigenvalue weighted by molar-refractivity contribution is 5.75. The number of hydrogen-bond acceptors (Lipinski definition) is 28. The number of carbonyl (C=O) groups is 1. The van der Waals surface area contributed by atoms with Crippen LogP contribution in [0.5, 0.6) is 0 Å². The number of aliphatic hydroxyl groups is 16. The summed E-state index contributed by atoms with van der Waals surface area (Å²) in [6, 6.07) is 0. The summed E-state index contributed by atoms with van der Waals surface area (Å²) in [7, 11) is 1.06. The van der Waals surface area contributed by atoms with E-state index in [-0.39, 0.29) is 41.8 Å². The third-order valence-corrected chi connectivity index (χ3v) is 23.8. The lowest BCUT2D eigenvalue weighted by Gasteiger charge is -2.72. The third kappa shape index (κ3) is 11.4. The Morgan fingerprint density at radius 3 is 1.88 bits per heavy atom. The number of aliphatic hydroxyl groups excluding tert-OH is 15. The molecule has 10 aliphatic rings. The van der Waals surface area contributed by atoms with Crippen LogP contribution in [0.2, 0.25) is 0 Å². The van der Waals surface area contributed by atoms with E-state index in [0.717, 1.165) is 26.4 Å². The zero-order valence-electron chi connectivity index (χ0n) is 51.3. The minimum atomic E-state index is -2.02. The maximum absolute atomic E-state index is 13.2. The first kappa shape index (κ1) is 69.0. The van der Waals surface area contributed by atoms with Crippen LogP contribution in [0.1, 0.15) is 106 Å². The van der Waals surface area contributed by atoms with E-state index in [9.17, 15) is 86.5 Å². The van der Waals surface area contributed by atoms with Crippen LogP contribution in [0.25, 0.3) is 0 Å². The van der Waals surface area contributed by atoms with E-state index in [2.05, 4.69) is 33.8 Å². The topological polar surface area (TPSA) is 442 Å². The molecule has 5 aliphatic carbocycles. The van der Waals surface area contributed by atoms with Gasteiger partial charge in [-0.25, -0.2) is 4.79 Å². The van der Waals surface area contributed by atoms with Gasteiger partial charge in [0.1, 0.15) is 97.2 Å². The van der Waals surface area contributed by atoms with E-state index in [1.54, 1.807) is 0 Å². The van der Waals surface area contributed by atoms with Crippen LogP contribution in [-0.2, 0) is 56.9 Å². The van der Waals surface area contributed by atoms with Gasteiger partial charge in [0.15, 0.2) is 37.6 Å². The SMILES string of the molecule is COC(=O)[C@H]1O[C@@H](O[C@H]2CC[C@@]3(C)[C@@H](CC[C@]4(C)[C@@H]3CC=C3[C@@H]5C[C@@](C)(CO[C@@H]6O[C@H](CO[C@@H]7OC[C@](O)(CO)[C@H]7O)[C@@H](O)[C@H](O)[C@H]6O)C[C@@H](O)[C@]5(C)CC[C@]34C)[C@@]2(C)CO)[C@H](O[C@@H]2O[C@H](CO)[C@H](O)[C@H](O)[C@H]2O[C@@H]2O[C@@H](C)[C@H](O)[C@@H](O)[C@H]2O)[C@@H](O)[C@@H]1O. The smallest absolute Gasteiger partial charge is 0.337 e. The number of rotatable bonds is 16. The van der Waals surface area contributed by atoms with Crippen molar-refractivity contribution in [2.45, 2.75) is 259 Å². The molecule has 88 heavy (non-hydrogen) atoms. The molecule has 10 rings (SSSR count). The van der Waals surface area contributed by atoms with Gasteiger partial charge < -0.3 is 134 Å². The van der Waals surface area contributed by atoms with Crippen molar-refractivity contribution in [2.75, 3.05) is 46.8 Å². The summed E-state index contributed by atoms with van der Waals surface area (Å²) in [5, 5.41) is 175. The number of hydrogen-bond donors (Lipinski definition) is 16. The van der Waals surface area contributed by atoms with Crippen LogP contribution in [0, 0.1) is 50.2 Å². The van der Waals surface area contributed by atoms with Crippen LogP contribution in [0.3, 0.4) is 0 Å². The minimum Gasteiger partial charge on any atom is -0.467 e. The molecule has 5 aliphatic heterocycles. The minimum absolute atomic E-state index is 0.00375. The molecule has 0 aromatic rings. The van der Waals surface area contributed by atoms with Crippen molar-refractivity contribution in [1.82, 2.24) is 0 Å². The Morgan fingerprint density at radius 2 is 1.23 bits per heavy atom. The number of fused-ring (bicyclic) bond motifs is 7. The number of carbonyl (C=O) groups excluding carboxylic acids is 1. The zero-order valence-corrected chi connectivity index (χ0v) is 51.3. The van der Waals surface area contributed by atoms with Gasteiger partial charge in [-0.1, -0.05) is 53.2 Å². The van der Waals surface area contributed by atoms with Crippen molar-refractivity contribution in [3.63, 3.8) is 0 Å². The van der Waals surface area contributed by atoms with Gasteiger partial charge in [0, 0.05) is 10.8 Å². The van der Waals surface area contributed by atoms with Crippen LogP contribution in [0.15, 0.2) is 11.6 Å². The predicted octanol–water partition coefficient (Wildman–Crippen LogP) is -3.95. The Labute approximate surface area is 511 Å². The fourth-order valence-corrected chi connectivity index (χ4v) is 17.8. The molecule has 4 saturated carbocycles. The quantitative estimate of drug-likeness (QED) is 0.0398. The van der Waals surface area contributed by atoms with E-state index >= 15 is 0 Å². The van der Waals surface area contributed by atoms with Crippen LogP contribution >= 0.6 is 0 Å². The highest BCUT2D eigenvalue weighted by atomic mass is 16.8. The van der Waals surface area contributed by atoms with E-state index in [1.165, 1.54) is 12.5 Å². The normalized spacial score (nSPS) is 55.6. The van der Waals surface area contributed by atoms with Crippen molar-refractivity contribution in [2.24, 2.45) is 50.2 Å². The van der Waals surface area contributed by atoms with Gasteiger partial charge in [-0.2, -0.15) is 0 Å². The molecule has 506 valence electrons. The Balaban J connectivity index is 0.869. The number of allylic oxidation sites excluding steroid dienone is 2. The molecule has 0 spiro atoms. The van der Waals surface area contributed by atoms with Crippen LogP contribution in [-0.4, -0.2) is 287 Å². The van der Waals surface area contributed by atoms with Crippen molar-refractivity contribution >= 4 is 5.97 Å². The highest BCUT2D eigenvalue weighted by Gasteiger charge is 2.70. The molecule has 34 atom stereocenters. The van der Waals surface area contributed by atoms with Crippen LogP contribution in [0.4, 0.5) is 0 Å². The first-order valence-electron chi connectivity index (χ1n) is 31.2. The first-order chi connectivity index (χ1) is 41.2. The number of esters is 1. The van der Waals surface area contributed by atoms with Gasteiger partial charge in [0.25, 0.3) is 0 Å². The number of ether oxygens (including phenoxy) is 11. The molecule has 0 aromatic heterocycles. The Bertz CT molecular complexity index is 2470. The van der Waals surface area contributed by atoms with Gasteiger partial charge in [-0.15, -0.1) is 0 Å². The second-order valence-corrected chi connectivity index (χ2v) is 29.0. The molecule has 28 heteroatoms. The van der Waals surface area contributed by atoms with Crippen molar-refractivity contribution in [3.05, 3.63) is 11.6 Å². The molecule has 28 nitrogen and oxygen atoms in total.